The van der Waals surface area contributed by atoms with Crippen LogP contribution in [0.2, 0.25) is 5.02 Å². The van der Waals surface area contributed by atoms with Crippen LogP contribution in [0.25, 0.3) is 0 Å². The highest BCUT2D eigenvalue weighted by Gasteiger charge is 2.10. The summed E-state index contributed by atoms with van der Waals surface area (Å²) in [4.78, 5) is 10.4. The highest BCUT2D eigenvalue weighted by atomic mass is 35.5. The summed E-state index contributed by atoms with van der Waals surface area (Å²) in [5.74, 6) is -1.36. The molecule has 0 saturated carbocycles. The summed E-state index contributed by atoms with van der Waals surface area (Å²) in [6.07, 6.45) is 0. The Bertz CT molecular complexity index is 296. The monoisotopic (exact) mass is 172 g/mol. The summed E-state index contributed by atoms with van der Waals surface area (Å²) < 4.78 is 0. The number of hydrogen-bond acceptors (Lipinski definition) is 2. The minimum Gasteiger partial charge on any atom is -0.506 e. The quantitative estimate of drug-likeness (QED) is 0.679. The first kappa shape index (κ1) is 7.88. The smallest absolute Gasteiger partial charge is 0.337 e. The largest absolute Gasteiger partial charge is 0.506 e. The number of carboxylic acids is 1. The number of aromatic carboxylic acids is 1. The Labute approximate surface area is 67.8 Å². The third-order valence-electron chi connectivity index (χ3n) is 1.21. The summed E-state index contributed by atoms with van der Waals surface area (Å²) in [6, 6.07) is 4.07. The van der Waals surface area contributed by atoms with Crippen LogP contribution in [0.5, 0.6) is 5.75 Å². The first-order valence-electron chi connectivity index (χ1n) is 2.83. The van der Waals surface area contributed by atoms with Crippen molar-refractivity contribution in [2.75, 3.05) is 0 Å². The molecule has 0 unspecified atom stereocenters. The van der Waals surface area contributed by atoms with Crippen molar-refractivity contribution in [3.8, 4) is 5.75 Å². The van der Waals surface area contributed by atoms with Gasteiger partial charge in [-0.15, -0.1) is 0 Å². The van der Waals surface area contributed by atoms with E-state index in [1.54, 1.807) is 0 Å². The second-order valence-electron chi connectivity index (χ2n) is 1.94. The molecule has 0 aliphatic carbocycles. The summed E-state index contributed by atoms with van der Waals surface area (Å²) in [5.41, 5.74) is -0.0910. The van der Waals surface area contributed by atoms with E-state index in [4.69, 9.17) is 21.8 Å². The van der Waals surface area contributed by atoms with Crippen LogP contribution in [0.15, 0.2) is 18.2 Å². The first-order valence-corrected chi connectivity index (χ1v) is 3.21. The predicted octanol–water partition coefficient (Wildman–Crippen LogP) is 1.74. The molecule has 0 aliphatic heterocycles. The zero-order chi connectivity index (χ0) is 8.43. The van der Waals surface area contributed by atoms with Crippen molar-refractivity contribution in [3.05, 3.63) is 28.8 Å². The van der Waals surface area contributed by atoms with Crippen molar-refractivity contribution < 1.29 is 15.0 Å². The van der Waals surface area contributed by atoms with Gasteiger partial charge in [0.2, 0.25) is 0 Å². The second-order valence-corrected chi connectivity index (χ2v) is 2.32. The van der Waals surface area contributed by atoms with E-state index in [1.807, 2.05) is 0 Å². The van der Waals surface area contributed by atoms with Gasteiger partial charge in [0.25, 0.3) is 0 Å². The third kappa shape index (κ3) is 1.43. The second kappa shape index (κ2) is 2.80. The van der Waals surface area contributed by atoms with Gasteiger partial charge in [0.05, 0.1) is 10.6 Å². The van der Waals surface area contributed by atoms with Gasteiger partial charge >= 0.3 is 5.97 Å². The molecule has 0 aromatic heterocycles. The van der Waals surface area contributed by atoms with Crippen LogP contribution in [0, 0.1) is 0 Å². The molecular weight excluding hydrogens is 168 g/mol. The molecule has 0 heterocycles. The van der Waals surface area contributed by atoms with Crippen LogP contribution < -0.4 is 0 Å². The SMILES string of the molecule is O=C(O)c1cccc(O)c1Cl. The fourth-order valence-corrected chi connectivity index (χ4v) is 0.892. The molecule has 0 radical (unpaired) electrons. The van der Waals surface area contributed by atoms with Crippen molar-refractivity contribution in [2.45, 2.75) is 0 Å². The van der Waals surface area contributed by atoms with Crippen molar-refractivity contribution in [2.24, 2.45) is 0 Å². The molecule has 1 aromatic carbocycles. The van der Waals surface area contributed by atoms with Crippen LogP contribution in [0.1, 0.15) is 10.4 Å². The molecule has 0 fully saturated rings. The molecule has 4 heteroatoms. The number of carboxylic acid groups (broad SMARTS) is 1. The fourth-order valence-electron chi connectivity index (χ4n) is 0.685. The van der Waals surface area contributed by atoms with Gasteiger partial charge in [-0.2, -0.15) is 0 Å². The Morgan fingerprint density at radius 1 is 1.45 bits per heavy atom. The summed E-state index contributed by atoms with van der Waals surface area (Å²) in [7, 11) is 0. The van der Waals surface area contributed by atoms with Gasteiger partial charge in [0, 0.05) is 0 Å². The summed E-state index contributed by atoms with van der Waals surface area (Å²) >= 11 is 5.46. The predicted molar refractivity (Wildman–Crippen MR) is 40.1 cm³/mol. The van der Waals surface area contributed by atoms with Gasteiger partial charge in [-0.3, -0.25) is 0 Å². The van der Waals surface area contributed by atoms with E-state index in [-0.39, 0.29) is 16.3 Å². The summed E-state index contributed by atoms with van der Waals surface area (Å²) in [6.45, 7) is 0. The number of phenols is 1. The van der Waals surface area contributed by atoms with Crippen molar-refractivity contribution >= 4 is 17.6 Å². The zero-order valence-electron chi connectivity index (χ0n) is 5.41. The Hall–Kier alpha value is -1.22. The minimum atomic E-state index is -1.15. The fraction of sp³-hybridized carbons (Fsp3) is 0. The average Bonchev–Trinajstić information content (AvgIpc) is 1.94. The lowest BCUT2D eigenvalue weighted by molar-refractivity contribution is 0.0696. The Balaban J connectivity index is 3.27. The number of benzene rings is 1. The van der Waals surface area contributed by atoms with Gasteiger partial charge in [-0.1, -0.05) is 17.7 Å². The van der Waals surface area contributed by atoms with Gasteiger partial charge in [-0.05, 0) is 12.1 Å². The van der Waals surface area contributed by atoms with E-state index in [1.165, 1.54) is 18.2 Å². The van der Waals surface area contributed by atoms with Gasteiger partial charge in [0.15, 0.2) is 0 Å². The van der Waals surface area contributed by atoms with Gasteiger partial charge < -0.3 is 10.2 Å². The van der Waals surface area contributed by atoms with Crippen molar-refractivity contribution in [3.63, 3.8) is 0 Å². The maximum atomic E-state index is 10.4. The first-order chi connectivity index (χ1) is 5.13. The molecule has 0 bridgehead atoms. The molecule has 0 spiro atoms. The number of halogens is 1. The van der Waals surface area contributed by atoms with Gasteiger partial charge in [-0.25, -0.2) is 4.79 Å². The van der Waals surface area contributed by atoms with Crippen molar-refractivity contribution in [1.82, 2.24) is 0 Å². The normalized spacial score (nSPS) is 9.55. The molecule has 0 amide bonds. The Morgan fingerprint density at radius 2 is 2.09 bits per heavy atom. The Morgan fingerprint density at radius 3 is 2.55 bits per heavy atom. The zero-order valence-corrected chi connectivity index (χ0v) is 6.17. The van der Waals surface area contributed by atoms with E-state index < -0.39 is 5.97 Å². The number of carbonyl (C=O) groups is 1. The molecule has 58 valence electrons. The Kier molecular flexibility index (Phi) is 2.01. The minimum absolute atomic E-state index is 0.0910. The number of hydrogen-bond donors (Lipinski definition) is 2. The maximum absolute atomic E-state index is 10.4. The molecule has 3 nitrogen and oxygen atoms in total. The highest BCUT2D eigenvalue weighted by molar-refractivity contribution is 6.34. The maximum Gasteiger partial charge on any atom is 0.337 e. The standard InChI is InChI=1S/C7H5ClO3/c8-6-4(7(10)11)2-1-3-5(6)9/h1-3,9H,(H,10,11). The van der Waals surface area contributed by atoms with E-state index in [0.29, 0.717) is 0 Å². The molecule has 1 rings (SSSR count). The van der Waals surface area contributed by atoms with Crippen LogP contribution in [-0.4, -0.2) is 16.2 Å². The number of rotatable bonds is 1. The van der Waals surface area contributed by atoms with Crippen LogP contribution in [0.3, 0.4) is 0 Å². The summed E-state index contributed by atoms with van der Waals surface area (Å²) in [5, 5.41) is 17.3. The van der Waals surface area contributed by atoms with E-state index in [9.17, 15) is 4.79 Å². The molecule has 0 atom stereocenters. The molecule has 0 aliphatic rings. The average molecular weight is 173 g/mol. The molecule has 0 saturated heterocycles. The topological polar surface area (TPSA) is 57.5 Å². The van der Waals surface area contributed by atoms with Crippen LogP contribution >= 0.6 is 11.6 Å². The highest BCUT2D eigenvalue weighted by Crippen LogP contribution is 2.26. The van der Waals surface area contributed by atoms with E-state index in [0.717, 1.165) is 0 Å². The third-order valence-corrected chi connectivity index (χ3v) is 1.61. The van der Waals surface area contributed by atoms with Crippen LogP contribution in [-0.2, 0) is 0 Å². The van der Waals surface area contributed by atoms with E-state index >= 15 is 0 Å². The lowest BCUT2D eigenvalue weighted by Crippen LogP contribution is -1.96. The molecular formula is C7H5ClO3. The number of aromatic hydroxyl groups is 1. The number of phenolic OH excluding ortho intramolecular Hbond substituents is 1. The molecule has 1 aromatic rings. The lowest BCUT2D eigenvalue weighted by Gasteiger charge is -1.98. The van der Waals surface area contributed by atoms with E-state index in [2.05, 4.69) is 0 Å². The van der Waals surface area contributed by atoms with Gasteiger partial charge in [0.1, 0.15) is 5.75 Å². The molecule has 2 N–H and O–H groups in total. The lowest BCUT2D eigenvalue weighted by atomic mass is 10.2. The molecule has 11 heavy (non-hydrogen) atoms. The van der Waals surface area contributed by atoms with Crippen molar-refractivity contribution in [1.29, 1.82) is 0 Å². The van der Waals surface area contributed by atoms with Crippen LogP contribution in [0.4, 0.5) is 0 Å².